The van der Waals surface area contributed by atoms with Crippen LogP contribution in [0.3, 0.4) is 0 Å². The van der Waals surface area contributed by atoms with Crippen LogP contribution in [0.5, 0.6) is 0 Å². The number of hydrogen-bond donors (Lipinski definition) is 12. The molecule has 0 amide bonds. The van der Waals surface area contributed by atoms with Crippen LogP contribution in [0.1, 0.15) is 111 Å². The third kappa shape index (κ3) is 22.8. The molecule has 0 aromatic carbocycles. The summed E-state index contributed by atoms with van der Waals surface area (Å²) in [6, 6.07) is -0.481. The highest BCUT2D eigenvalue weighted by Gasteiger charge is 2.31. The molecule has 3 aliphatic heterocycles. The molecule has 20 heteroatoms. The number of H-pyrrole nitrogens is 2. The van der Waals surface area contributed by atoms with Gasteiger partial charge in [0.25, 0.3) is 0 Å². The van der Waals surface area contributed by atoms with Crippen molar-refractivity contribution in [2.45, 2.75) is 115 Å². The molecule has 2 aromatic rings. The van der Waals surface area contributed by atoms with Crippen molar-refractivity contribution in [3.8, 4) is 0 Å². The van der Waals surface area contributed by atoms with E-state index in [0.717, 1.165) is 70.3 Å². The SMILES string of the molecule is OCCOCCCC1=C(CCCOCCO)C2/C=c3\[nH]/c(c(CCCOCCO)c3CCCOCCO)=C\C3N/C(=C\c4[nH]c(c(CCCOCCO)c4CCCOCCO)/C=C/1N2)C(CCCOCCO)=C3CCCOCCO. The van der Waals surface area contributed by atoms with E-state index >= 15 is 0 Å². The summed E-state index contributed by atoms with van der Waals surface area (Å²) in [5.74, 6) is 0. The summed E-state index contributed by atoms with van der Waals surface area (Å²) in [6.07, 6.45) is 20.5. The van der Waals surface area contributed by atoms with Gasteiger partial charge in [-0.3, -0.25) is 0 Å². The standard InChI is InChI=1S/C60H98N4O16/c65-17-33-73-25-1-9-45-46(10-2-26-74-34-18-66)54-42-56-49(13-5-29-77-37-21-69)50(14-6-30-78-38-22-70)58(63-56)44-60-52(16-8-32-80-40-24-72)51(15-7-31-79-39-23-71)59(64-60)43-57-48(12-4-28-76-36-20-68)47(11-3-27-75-35-19-67)55(62-57)41-53(45)61-54/h41-44,53,59,61-72H,1-40H2/b54-42-,55-41-,57-43-,60-44-. The number of fused-ring (bicyclic) bond motifs is 8. The molecular weight excluding hydrogens is 1030 g/mol. The number of nitrogens with one attached hydrogen (secondary N) is 4. The first kappa shape index (κ1) is 67.0. The zero-order valence-electron chi connectivity index (χ0n) is 47.6. The van der Waals surface area contributed by atoms with Gasteiger partial charge in [0.05, 0.1) is 118 Å². The maximum absolute atomic E-state index is 9.58. The lowest BCUT2D eigenvalue weighted by atomic mass is 9.93. The summed E-state index contributed by atoms with van der Waals surface area (Å²) in [5, 5.41) is 86.6. The van der Waals surface area contributed by atoms with Crippen LogP contribution < -0.4 is 21.3 Å². The van der Waals surface area contributed by atoms with Crippen molar-refractivity contribution in [1.82, 2.24) is 20.6 Å². The maximum Gasteiger partial charge on any atom is 0.0697 e. The van der Waals surface area contributed by atoms with Gasteiger partial charge in [0, 0.05) is 86.3 Å². The first-order chi connectivity index (χ1) is 39.5. The Morgan fingerprint density at radius 3 is 0.850 bits per heavy atom. The molecule has 8 bridgehead atoms. The lowest BCUT2D eigenvalue weighted by Crippen LogP contribution is -2.28. The van der Waals surface area contributed by atoms with Crippen LogP contribution >= 0.6 is 0 Å². The van der Waals surface area contributed by atoms with Gasteiger partial charge >= 0.3 is 0 Å². The molecule has 2 aromatic heterocycles. The Morgan fingerprint density at radius 2 is 0.562 bits per heavy atom. The quantitative estimate of drug-likeness (QED) is 0.0421. The number of rotatable bonds is 48. The van der Waals surface area contributed by atoms with E-state index in [1.807, 2.05) is 0 Å². The molecule has 80 heavy (non-hydrogen) atoms. The largest absolute Gasteiger partial charge is 0.394 e. The lowest BCUT2D eigenvalue weighted by Gasteiger charge is -2.14. The predicted molar refractivity (Wildman–Crippen MR) is 307 cm³/mol. The summed E-state index contributed by atoms with van der Waals surface area (Å²) in [7, 11) is 0. The minimum absolute atomic E-state index is 0.0562. The highest BCUT2D eigenvalue weighted by Crippen LogP contribution is 2.38. The number of aliphatic hydroxyl groups is 8. The molecule has 0 spiro atoms. The maximum atomic E-state index is 9.58. The van der Waals surface area contributed by atoms with Gasteiger partial charge in [0.1, 0.15) is 0 Å². The molecular formula is C60H98N4O16. The average Bonchev–Trinajstić information content (AvgIpc) is 4.19. The molecule has 3 aliphatic rings. The fourth-order valence-electron chi connectivity index (χ4n) is 10.9. The van der Waals surface area contributed by atoms with Gasteiger partial charge in [-0.05, 0) is 172 Å². The highest BCUT2D eigenvalue weighted by atomic mass is 16.5. The fourth-order valence-corrected chi connectivity index (χ4v) is 10.9. The van der Waals surface area contributed by atoms with Gasteiger partial charge in [-0.1, -0.05) is 0 Å². The second kappa shape index (κ2) is 41.3. The van der Waals surface area contributed by atoms with E-state index in [1.165, 1.54) is 33.4 Å². The molecule has 0 saturated carbocycles. The Hall–Kier alpha value is -3.78. The van der Waals surface area contributed by atoms with Crippen molar-refractivity contribution in [1.29, 1.82) is 0 Å². The predicted octanol–water partition coefficient (Wildman–Crippen LogP) is 1.76. The van der Waals surface area contributed by atoms with E-state index in [-0.39, 0.29) is 118 Å². The van der Waals surface area contributed by atoms with Gasteiger partial charge in [0.2, 0.25) is 0 Å². The highest BCUT2D eigenvalue weighted by molar-refractivity contribution is 5.71. The topological polar surface area (TPSA) is 291 Å². The molecule has 0 aliphatic carbocycles. The Balaban J connectivity index is 1.86. The van der Waals surface area contributed by atoms with Crippen molar-refractivity contribution in [2.75, 3.05) is 159 Å². The number of allylic oxidation sites excluding steroid dienone is 2. The number of hydrogen-bond acceptors (Lipinski definition) is 18. The molecule has 2 unspecified atom stereocenters. The number of aliphatic hydroxyl groups excluding tert-OH is 8. The normalized spacial score (nSPS) is 18.2. The number of ether oxygens (including phenoxy) is 8. The van der Waals surface area contributed by atoms with Gasteiger partial charge < -0.3 is 99.3 Å². The van der Waals surface area contributed by atoms with Crippen LogP contribution in [0, 0.1) is 0 Å². The van der Waals surface area contributed by atoms with Crippen LogP contribution in [-0.2, 0) is 63.6 Å². The minimum Gasteiger partial charge on any atom is -0.394 e. The second-order valence-corrected chi connectivity index (χ2v) is 20.0. The van der Waals surface area contributed by atoms with E-state index in [1.54, 1.807) is 0 Å². The van der Waals surface area contributed by atoms with E-state index in [2.05, 4.69) is 44.9 Å². The summed E-state index contributed by atoms with van der Waals surface area (Å²) in [4.78, 5) is 7.93. The number of aromatic nitrogens is 2. The zero-order valence-corrected chi connectivity index (χ0v) is 47.6. The van der Waals surface area contributed by atoms with E-state index < -0.39 is 0 Å². The van der Waals surface area contributed by atoms with Crippen LogP contribution in [0.15, 0.2) is 33.7 Å². The van der Waals surface area contributed by atoms with Crippen molar-refractivity contribution in [3.05, 3.63) is 78.0 Å². The lowest BCUT2D eigenvalue weighted by molar-refractivity contribution is 0.0903. The van der Waals surface area contributed by atoms with Crippen LogP contribution in [0.25, 0.3) is 24.3 Å². The van der Waals surface area contributed by atoms with Crippen molar-refractivity contribution in [3.63, 3.8) is 0 Å². The molecule has 20 nitrogen and oxygen atoms in total. The third-order valence-corrected chi connectivity index (χ3v) is 14.3. The third-order valence-electron chi connectivity index (χ3n) is 14.3. The van der Waals surface area contributed by atoms with Gasteiger partial charge in [-0.2, -0.15) is 0 Å². The molecule has 5 rings (SSSR count). The Morgan fingerprint density at radius 1 is 0.300 bits per heavy atom. The minimum atomic E-state index is -0.241. The summed E-state index contributed by atoms with van der Waals surface area (Å²) < 4.78 is 46.7. The molecule has 2 atom stereocenters. The van der Waals surface area contributed by atoms with Gasteiger partial charge in [0.15, 0.2) is 0 Å². The first-order valence-corrected chi connectivity index (χ1v) is 29.5. The summed E-state index contributed by atoms with van der Waals surface area (Å²) >= 11 is 0. The molecule has 0 fully saturated rings. The van der Waals surface area contributed by atoms with Gasteiger partial charge in [-0.15, -0.1) is 0 Å². The second-order valence-electron chi connectivity index (χ2n) is 20.0. The molecule has 12 N–H and O–H groups in total. The zero-order chi connectivity index (χ0) is 56.8. The molecule has 0 radical (unpaired) electrons. The van der Waals surface area contributed by atoms with Crippen LogP contribution in [-0.4, -0.2) is 221 Å². The van der Waals surface area contributed by atoms with Crippen LogP contribution in [0.2, 0.25) is 0 Å². The molecule has 454 valence electrons. The van der Waals surface area contributed by atoms with Gasteiger partial charge in [-0.25, -0.2) is 0 Å². The number of aromatic amines is 2. The van der Waals surface area contributed by atoms with Crippen LogP contribution in [0.4, 0.5) is 0 Å². The van der Waals surface area contributed by atoms with E-state index in [4.69, 9.17) is 37.9 Å². The monoisotopic (exact) mass is 1130 g/mol. The average molecular weight is 1130 g/mol. The first-order valence-electron chi connectivity index (χ1n) is 29.5. The Kier molecular flexibility index (Phi) is 34.6. The van der Waals surface area contributed by atoms with Crippen molar-refractivity contribution < 1.29 is 78.7 Å². The van der Waals surface area contributed by atoms with E-state index in [0.29, 0.717) is 130 Å². The van der Waals surface area contributed by atoms with E-state index in [9.17, 15) is 40.9 Å². The fraction of sp³-hybridized carbons (Fsp3) is 0.700. The molecule has 5 heterocycles. The Labute approximate surface area is 473 Å². The van der Waals surface area contributed by atoms with Crippen molar-refractivity contribution in [2.24, 2.45) is 0 Å². The molecule has 0 saturated heterocycles. The smallest absolute Gasteiger partial charge is 0.0697 e. The Bertz CT molecular complexity index is 2120. The summed E-state index contributed by atoms with van der Waals surface area (Å²) in [6.45, 7) is 5.36. The van der Waals surface area contributed by atoms with Crippen molar-refractivity contribution >= 4 is 24.3 Å². The summed E-state index contributed by atoms with van der Waals surface area (Å²) in [5.41, 5.74) is 13.3.